The molecule has 18 atom stereocenters. The predicted molar refractivity (Wildman–Crippen MR) is 358 cm³/mol. The fourth-order valence-corrected chi connectivity index (χ4v) is 20.3. The molecule has 7 aromatic carbocycles. The second kappa shape index (κ2) is 24.1. The summed E-state index contributed by atoms with van der Waals surface area (Å²) < 4.78 is 56.2. The Labute approximate surface area is 540 Å². The van der Waals surface area contributed by atoms with E-state index < -0.39 is 62.6 Å². The summed E-state index contributed by atoms with van der Waals surface area (Å²) in [5.74, 6) is 3.92. The van der Waals surface area contributed by atoms with Gasteiger partial charge in [-0.15, -0.1) is 0 Å². The van der Waals surface area contributed by atoms with Crippen molar-refractivity contribution in [2.24, 2.45) is 69.7 Å². The zero-order valence-electron chi connectivity index (χ0n) is 52.1. The van der Waals surface area contributed by atoms with Gasteiger partial charge in [0.15, 0.2) is 5.96 Å². The van der Waals surface area contributed by atoms with Gasteiger partial charge in [-0.2, -0.15) is 8.42 Å². The molecule has 13 heteroatoms. The average Bonchev–Trinajstić information content (AvgIpc) is 0.710. The van der Waals surface area contributed by atoms with E-state index in [1.807, 2.05) is 30.3 Å². The Kier molecular flexibility index (Phi) is 15.9. The lowest BCUT2D eigenvalue weighted by atomic mass is 9.44. The van der Waals surface area contributed by atoms with Crippen LogP contribution in [0, 0.1) is 65.1 Å². The van der Waals surface area contributed by atoms with E-state index in [4.69, 9.17) is 25.9 Å². The fraction of sp³-hybridized carbons (Fsp3) is 0.405. The van der Waals surface area contributed by atoms with Crippen molar-refractivity contribution in [2.45, 2.75) is 137 Å². The van der Waals surface area contributed by atoms with Crippen LogP contribution < -0.4 is 16.2 Å². The normalized spacial score (nSPS) is 33.0. The third-order valence-corrected chi connectivity index (χ3v) is 24.6. The molecule has 0 aromatic heterocycles. The zero-order valence-corrected chi connectivity index (χ0v) is 52.9. The minimum atomic E-state index is -4.73. The van der Waals surface area contributed by atoms with Crippen LogP contribution in [0.15, 0.2) is 187 Å². The van der Waals surface area contributed by atoms with Crippen molar-refractivity contribution >= 4 is 26.9 Å². The molecule has 9 N–H and O–H groups in total. The summed E-state index contributed by atoms with van der Waals surface area (Å²) in [6.07, 6.45) is 12.1. The van der Waals surface area contributed by atoms with Crippen LogP contribution in [0.3, 0.4) is 0 Å². The first-order valence-corrected chi connectivity index (χ1v) is 35.0. The van der Waals surface area contributed by atoms with E-state index in [0.29, 0.717) is 61.8 Å². The van der Waals surface area contributed by atoms with E-state index in [1.54, 1.807) is 12.1 Å². The lowest BCUT2D eigenvalue weighted by Gasteiger charge is -2.63. The molecule has 2 saturated carbocycles. The Hall–Kier alpha value is -7.54. The van der Waals surface area contributed by atoms with Crippen molar-refractivity contribution in [1.29, 1.82) is 0 Å². The standard InChI is InChI=1S/C79H83N3O9S/c1-46-17-18-55-39-61-29-31-64(55)67(46)44-74(92(87,88)89)68-41-58-37-57(40-62-35-48(45-83)11-7-14-53-38-60(84)28-30-66(53)76(58)90-62)75(68)52-23-26-59(27-24-52)79(91-61,82-77(80)81)72-42-56-25-33-70-65(32-34-69(56)78(70,86)71(72)36-47-9-3-2-4-10-47)50-19-21-51(22-20-50)73(85)43-54-15-8-13-49-12-5-6-16-63(49)54/h2-6,8-10,12-13,15-16,19-31,33,38-39,41,46,48,56-57,62,65,67-76,83-86H,11,17-18,32,34-37,40,42-45H2,1H3,(H4,80,81,82)(H,87,88,89)/t46-,48+,56-,57-,62-,65-,67+,68-,69-,70-,71-,72+,73+,74-,75+,76-,78-,79-/m1/s1. The molecule has 12 nitrogen and oxygen atoms in total. The number of fused-ring (bicyclic) bond motifs is 10. The number of aryl methyl sites for hydroxylation is 1. The van der Waals surface area contributed by atoms with E-state index in [0.717, 1.165) is 86.5 Å². The Balaban J connectivity index is 0.870. The predicted octanol–water partition coefficient (Wildman–Crippen LogP) is 13.2. The Morgan fingerprint density at radius 3 is 2.36 bits per heavy atom. The van der Waals surface area contributed by atoms with Gasteiger partial charge in [0, 0.05) is 59.8 Å². The Bertz CT molecular complexity index is 4210. The van der Waals surface area contributed by atoms with E-state index in [1.165, 1.54) is 0 Å². The summed E-state index contributed by atoms with van der Waals surface area (Å²) in [5.41, 5.74) is 20.8. The lowest BCUT2D eigenvalue weighted by Crippen LogP contribution is -2.67. The molecular weight excluding hydrogens is 1170 g/mol. The first-order valence-electron chi connectivity index (χ1n) is 33.5. The number of benzene rings is 7. The van der Waals surface area contributed by atoms with Crippen molar-refractivity contribution in [2.75, 3.05) is 6.61 Å². The second-order valence-corrected chi connectivity index (χ2v) is 30.0. The summed E-state index contributed by atoms with van der Waals surface area (Å²) in [7, 11) is -4.73. The molecule has 7 aromatic rings. The number of aliphatic hydroxyl groups is 3. The average molecular weight is 1250 g/mol. The van der Waals surface area contributed by atoms with Gasteiger partial charge >= 0.3 is 0 Å². The van der Waals surface area contributed by atoms with Gasteiger partial charge < -0.3 is 41.4 Å². The van der Waals surface area contributed by atoms with Gasteiger partial charge in [-0.1, -0.05) is 170 Å². The molecule has 0 spiro atoms. The van der Waals surface area contributed by atoms with Crippen LogP contribution >= 0.6 is 0 Å². The molecule has 5 heterocycles. The second-order valence-electron chi connectivity index (χ2n) is 28.4. The first kappa shape index (κ1) is 60.7. The van der Waals surface area contributed by atoms with Crippen LogP contribution in [-0.2, 0) is 39.8 Å². The molecule has 1 saturated heterocycles. The number of hydrogen-bond acceptors (Lipinski definition) is 9. The summed E-state index contributed by atoms with van der Waals surface area (Å²) in [6.45, 7) is 2.10. The van der Waals surface area contributed by atoms with E-state index in [-0.39, 0.29) is 78.2 Å². The summed E-state index contributed by atoms with van der Waals surface area (Å²) in [6, 6.07) is 53.0. The van der Waals surface area contributed by atoms with Gasteiger partial charge in [-0.05, 0) is 191 Å². The summed E-state index contributed by atoms with van der Waals surface area (Å²) in [4.78, 5) is 5.42. The highest BCUT2D eigenvalue weighted by Gasteiger charge is 2.66. The quantitative estimate of drug-likeness (QED) is 0.0225. The topological polar surface area (TPSA) is 218 Å². The third kappa shape index (κ3) is 10.9. The molecular formula is C79H83N3O9S. The number of phenolic OH excluding ortho intramolecular Hbond substituents is 1. The highest BCUT2D eigenvalue weighted by molar-refractivity contribution is 7.86. The first-order chi connectivity index (χ1) is 44.5. The zero-order chi connectivity index (χ0) is 63.2. The highest BCUT2D eigenvalue weighted by Crippen LogP contribution is 2.65. The van der Waals surface area contributed by atoms with Crippen molar-refractivity contribution in [1.82, 2.24) is 0 Å². The number of phenols is 1. The van der Waals surface area contributed by atoms with Crippen LogP contribution in [0.25, 0.3) is 10.8 Å². The van der Waals surface area contributed by atoms with Crippen LogP contribution in [0.1, 0.15) is 150 Å². The maximum atomic E-state index is 14.6. The van der Waals surface area contributed by atoms with Gasteiger partial charge in [0.2, 0.25) is 5.72 Å². The smallest absolute Gasteiger partial charge is 0.268 e. The van der Waals surface area contributed by atoms with Gasteiger partial charge in [0.25, 0.3) is 10.1 Å². The summed E-state index contributed by atoms with van der Waals surface area (Å²) in [5, 5.41) is 49.1. The largest absolute Gasteiger partial charge is 0.508 e. The van der Waals surface area contributed by atoms with Gasteiger partial charge in [-0.3, -0.25) is 4.55 Å². The van der Waals surface area contributed by atoms with E-state index in [2.05, 4.69) is 152 Å². The lowest BCUT2D eigenvalue weighted by molar-refractivity contribution is -0.213. The Morgan fingerprint density at radius 2 is 1.57 bits per heavy atom. The van der Waals surface area contributed by atoms with Crippen molar-refractivity contribution in [3.05, 3.63) is 237 Å². The van der Waals surface area contributed by atoms with Crippen LogP contribution in [0.5, 0.6) is 11.5 Å². The summed E-state index contributed by atoms with van der Waals surface area (Å²) >= 11 is 0. The number of nitrogens with zero attached hydrogens (tertiary/aromatic N) is 1. The maximum Gasteiger partial charge on any atom is 0.268 e. The van der Waals surface area contributed by atoms with Gasteiger partial charge in [0.05, 0.1) is 23.1 Å². The Morgan fingerprint density at radius 1 is 0.793 bits per heavy atom. The number of ether oxygens (including phenoxy) is 2. The third-order valence-electron chi connectivity index (χ3n) is 23.4. The van der Waals surface area contributed by atoms with Crippen LogP contribution in [0.4, 0.5) is 0 Å². The molecule has 3 fully saturated rings. The number of aromatic hydroxyl groups is 1. The monoisotopic (exact) mass is 1250 g/mol. The van der Waals surface area contributed by atoms with E-state index in [9.17, 15) is 33.4 Å². The molecule has 14 bridgehead atoms. The molecule has 0 unspecified atom stereocenters. The van der Waals surface area contributed by atoms with Crippen molar-refractivity contribution in [3.8, 4) is 23.3 Å². The number of nitrogens with two attached hydrogens (primary N) is 2. The minimum absolute atomic E-state index is 0.0491. The molecule has 10 aliphatic rings. The van der Waals surface area contributed by atoms with Crippen molar-refractivity contribution < 1.29 is 42.9 Å². The van der Waals surface area contributed by atoms with Gasteiger partial charge in [-0.25, -0.2) is 4.99 Å². The maximum absolute atomic E-state index is 14.6. The number of guanidine groups is 1. The number of rotatable bonds is 10. The molecule has 17 rings (SSSR count). The number of aliphatic imine (C=N–C) groups is 1. The number of hydrogen-bond donors (Lipinski definition) is 7. The highest BCUT2D eigenvalue weighted by atomic mass is 32.2. The molecule has 92 heavy (non-hydrogen) atoms. The molecule has 5 aliphatic carbocycles. The molecule has 5 aliphatic heterocycles. The van der Waals surface area contributed by atoms with Gasteiger partial charge in [0.1, 0.15) is 17.6 Å². The van der Waals surface area contributed by atoms with Crippen molar-refractivity contribution in [3.63, 3.8) is 0 Å². The molecule has 0 amide bonds. The van der Waals surface area contributed by atoms with E-state index >= 15 is 0 Å². The SMILES string of the molecule is C[C@@H]1CCc2cc3ccc2[C@H]1C[C@@H](S(=O)(=O)O)[C@H]1C=C2C[C@H](C[C@H]4C[C@@H](CO)CC#Cc5cc(O)ccc5[C@@H]2O4)[C@@H]1c1ccc(cc1)[C@](N=C(N)N)([C@H]1C[C@H]2C=C[C@@H]4[C@@H](c5ccc([C@@H](O)Cc6cccc7ccccc67)cc5)CC[C@H]2[C@]4(O)[C@@H]1Cc1ccccc1)O3. The van der Waals surface area contributed by atoms with Crippen LogP contribution in [-0.4, -0.2) is 62.9 Å². The fourth-order valence-electron chi connectivity index (χ4n) is 19.2. The minimum Gasteiger partial charge on any atom is -0.508 e. The number of aliphatic hydroxyl groups excluding tert-OH is 2. The molecule has 0 radical (unpaired) electrons. The molecule has 474 valence electrons. The number of allylic oxidation sites excluding steroid dienone is 2. The van der Waals surface area contributed by atoms with Crippen LogP contribution in [0.2, 0.25) is 0 Å².